The van der Waals surface area contributed by atoms with Gasteiger partial charge in [0, 0.05) is 12.7 Å². The second-order valence-corrected chi connectivity index (χ2v) is 5.10. The van der Waals surface area contributed by atoms with Gasteiger partial charge in [0.25, 0.3) is 11.5 Å². The quantitative estimate of drug-likeness (QED) is 0.723. The highest BCUT2D eigenvalue weighted by molar-refractivity contribution is 5.91. The zero-order valence-electron chi connectivity index (χ0n) is 13.4. The summed E-state index contributed by atoms with van der Waals surface area (Å²) in [7, 11) is 1.58. The van der Waals surface area contributed by atoms with Crippen molar-refractivity contribution in [3.8, 4) is 17.3 Å². The monoisotopic (exact) mass is 337 g/mol. The van der Waals surface area contributed by atoms with Crippen LogP contribution in [0.1, 0.15) is 16.1 Å². The largest absolute Gasteiger partial charge is 0.497 e. The fourth-order valence-corrected chi connectivity index (χ4v) is 2.11. The Balaban J connectivity index is 1.70. The molecule has 25 heavy (non-hydrogen) atoms. The van der Waals surface area contributed by atoms with E-state index in [4.69, 9.17) is 4.74 Å². The van der Waals surface area contributed by atoms with E-state index in [2.05, 4.69) is 25.5 Å². The molecule has 0 radical (unpaired) electrons. The van der Waals surface area contributed by atoms with Crippen LogP contribution in [0.3, 0.4) is 0 Å². The van der Waals surface area contributed by atoms with Crippen molar-refractivity contribution >= 4 is 5.91 Å². The second kappa shape index (κ2) is 7.35. The van der Waals surface area contributed by atoms with E-state index in [1.54, 1.807) is 43.6 Å². The van der Waals surface area contributed by atoms with Gasteiger partial charge in [-0.15, -0.1) is 10.2 Å². The molecule has 0 fully saturated rings. The van der Waals surface area contributed by atoms with Crippen LogP contribution in [-0.2, 0) is 6.54 Å². The predicted octanol–water partition coefficient (Wildman–Crippen LogP) is 1.17. The molecular formula is C17H15N5O3. The van der Waals surface area contributed by atoms with Gasteiger partial charge >= 0.3 is 0 Å². The zero-order valence-corrected chi connectivity index (χ0v) is 13.4. The number of amides is 1. The number of carbonyl (C=O) groups is 1. The molecule has 8 nitrogen and oxygen atoms in total. The number of carbonyl (C=O) groups excluding carboxylic acids is 1. The minimum Gasteiger partial charge on any atom is -0.497 e. The molecule has 1 amide bonds. The van der Waals surface area contributed by atoms with Crippen LogP contribution in [0, 0.1) is 0 Å². The third kappa shape index (κ3) is 3.86. The van der Waals surface area contributed by atoms with Crippen LogP contribution in [0.4, 0.5) is 0 Å². The maximum Gasteiger partial charge on any atom is 0.283 e. The highest BCUT2D eigenvalue weighted by Gasteiger charge is 2.14. The van der Waals surface area contributed by atoms with Gasteiger partial charge in [0.2, 0.25) is 5.69 Å². The minimum absolute atomic E-state index is 0.206. The topological polar surface area (TPSA) is 110 Å². The maximum absolute atomic E-state index is 12.1. The summed E-state index contributed by atoms with van der Waals surface area (Å²) >= 11 is 0. The average molecular weight is 337 g/mol. The maximum atomic E-state index is 12.1. The number of nitrogens with one attached hydrogen (secondary N) is 2. The fraction of sp³-hybridized carbons (Fsp3) is 0.118. The molecule has 0 aliphatic carbocycles. The first kappa shape index (κ1) is 16.3. The Bertz CT molecular complexity index is 923. The normalized spacial score (nSPS) is 10.3. The van der Waals surface area contributed by atoms with Gasteiger partial charge in [0.05, 0.1) is 7.11 Å². The molecule has 2 aromatic heterocycles. The van der Waals surface area contributed by atoms with Crippen molar-refractivity contribution in [2.24, 2.45) is 0 Å². The van der Waals surface area contributed by atoms with E-state index in [1.807, 2.05) is 12.1 Å². The SMILES string of the molecule is COc1ccc(CNC(=O)c2nnc(-c3ccccn3)[nH]c2=O)cc1. The molecule has 3 rings (SSSR count). The van der Waals surface area contributed by atoms with Gasteiger partial charge < -0.3 is 15.0 Å². The molecule has 2 N–H and O–H groups in total. The molecular weight excluding hydrogens is 322 g/mol. The number of hydrogen-bond donors (Lipinski definition) is 2. The van der Waals surface area contributed by atoms with Crippen LogP contribution in [0.2, 0.25) is 0 Å². The lowest BCUT2D eigenvalue weighted by Gasteiger charge is -2.06. The number of aromatic nitrogens is 4. The van der Waals surface area contributed by atoms with Crippen molar-refractivity contribution in [3.05, 3.63) is 70.3 Å². The molecule has 1 aromatic carbocycles. The Morgan fingerprint density at radius 2 is 1.96 bits per heavy atom. The van der Waals surface area contributed by atoms with E-state index in [1.165, 1.54) is 0 Å². The number of methoxy groups -OCH3 is 1. The molecule has 0 saturated heterocycles. The van der Waals surface area contributed by atoms with Crippen LogP contribution in [-0.4, -0.2) is 33.2 Å². The van der Waals surface area contributed by atoms with Crippen molar-refractivity contribution in [1.29, 1.82) is 0 Å². The Kier molecular flexibility index (Phi) is 4.79. The van der Waals surface area contributed by atoms with Crippen molar-refractivity contribution in [2.75, 3.05) is 7.11 Å². The highest BCUT2D eigenvalue weighted by Crippen LogP contribution is 2.11. The molecule has 0 aliphatic heterocycles. The summed E-state index contributed by atoms with van der Waals surface area (Å²) < 4.78 is 5.07. The van der Waals surface area contributed by atoms with Crippen LogP contribution >= 0.6 is 0 Å². The molecule has 0 saturated carbocycles. The Labute approximate surface area is 142 Å². The molecule has 0 unspecified atom stereocenters. The van der Waals surface area contributed by atoms with Gasteiger partial charge in [-0.1, -0.05) is 18.2 Å². The standard InChI is InChI=1S/C17H15N5O3/c1-25-12-7-5-11(6-8-12)10-19-16(23)14-17(24)20-15(22-21-14)13-4-2-3-9-18-13/h2-9H,10H2,1H3,(H,19,23)(H,20,22,24). The molecule has 8 heteroatoms. The molecule has 0 bridgehead atoms. The average Bonchev–Trinajstić information content (AvgIpc) is 2.67. The summed E-state index contributed by atoms with van der Waals surface area (Å²) in [6, 6.07) is 12.4. The number of benzene rings is 1. The van der Waals surface area contributed by atoms with Gasteiger partial charge in [-0.05, 0) is 29.8 Å². The molecule has 0 spiro atoms. The summed E-state index contributed by atoms with van der Waals surface area (Å²) in [5.41, 5.74) is 0.414. The summed E-state index contributed by atoms with van der Waals surface area (Å²) in [6.45, 7) is 0.256. The van der Waals surface area contributed by atoms with Crippen LogP contribution < -0.4 is 15.6 Å². The van der Waals surface area contributed by atoms with E-state index in [0.29, 0.717) is 5.69 Å². The van der Waals surface area contributed by atoms with Crippen molar-refractivity contribution < 1.29 is 9.53 Å². The first-order chi connectivity index (χ1) is 12.2. The van der Waals surface area contributed by atoms with E-state index in [9.17, 15) is 9.59 Å². The van der Waals surface area contributed by atoms with Gasteiger partial charge in [-0.3, -0.25) is 14.6 Å². The summed E-state index contributed by atoms with van der Waals surface area (Å²) in [4.78, 5) is 30.8. The number of hydrogen-bond acceptors (Lipinski definition) is 6. The molecule has 0 atom stereocenters. The van der Waals surface area contributed by atoms with Crippen LogP contribution in [0.25, 0.3) is 11.5 Å². The first-order valence-electron chi connectivity index (χ1n) is 7.47. The zero-order chi connectivity index (χ0) is 17.6. The van der Waals surface area contributed by atoms with Gasteiger partial charge in [-0.25, -0.2) is 0 Å². The summed E-state index contributed by atoms with van der Waals surface area (Å²) in [6.07, 6.45) is 1.57. The number of pyridine rings is 1. The van der Waals surface area contributed by atoms with Gasteiger partial charge in [0.15, 0.2) is 5.82 Å². The van der Waals surface area contributed by atoms with E-state index in [0.717, 1.165) is 11.3 Å². The lowest BCUT2D eigenvalue weighted by molar-refractivity contribution is 0.0943. The number of nitrogens with zero attached hydrogens (tertiary/aromatic N) is 3. The third-order valence-electron chi connectivity index (χ3n) is 3.43. The second-order valence-electron chi connectivity index (χ2n) is 5.10. The third-order valence-corrected chi connectivity index (χ3v) is 3.43. The smallest absolute Gasteiger partial charge is 0.283 e. The van der Waals surface area contributed by atoms with Crippen molar-refractivity contribution in [3.63, 3.8) is 0 Å². The summed E-state index contributed by atoms with van der Waals surface area (Å²) in [5.74, 6) is 0.331. The highest BCUT2D eigenvalue weighted by atomic mass is 16.5. The number of rotatable bonds is 5. The van der Waals surface area contributed by atoms with E-state index >= 15 is 0 Å². The van der Waals surface area contributed by atoms with E-state index < -0.39 is 11.5 Å². The predicted molar refractivity (Wildman–Crippen MR) is 90.0 cm³/mol. The van der Waals surface area contributed by atoms with Crippen LogP contribution in [0.5, 0.6) is 5.75 Å². The fourth-order valence-electron chi connectivity index (χ4n) is 2.11. The Hall–Kier alpha value is -3.55. The van der Waals surface area contributed by atoms with Gasteiger partial charge in [0.1, 0.15) is 11.4 Å². The van der Waals surface area contributed by atoms with E-state index in [-0.39, 0.29) is 18.1 Å². The van der Waals surface area contributed by atoms with Crippen molar-refractivity contribution in [2.45, 2.75) is 6.54 Å². The number of aromatic amines is 1. The molecule has 2 heterocycles. The molecule has 0 aliphatic rings. The Morgan fingerprint density at radius 3 is 2.60 bits per heavy atom. The lowest BCUT2D eigenvalue weighted by atomic mass is 10.2. The lowest BCUT2D eigenvalue weighted by Crippen LogP contribution is -2.31. The number of H-pyrrole nitrogens is 1. The first-order valence-corrected chi connectivity index (χ1v) is 7.47. The number of ether oxygens (including phenoxy) is 1. The summed E-state index contributed by atoms with van der Waals surface area (Å²) in [5, 5.41) is 10.2. The molecule has 126 valence electrons. The minimum atomic E-state index is -0.622. The van der Waals surface area contributed by atoms with Crippen LogP contribution in [0.15, 0.2) is 53.5 Å². The van der Waals surface area contributed by atoms with Gasteiger partial charge in [-0.2, -0.15) is 0 Å². The molecule has 3 aromatic rings. The Morgan fingerprint density at radius 1 is 1.16 bits per heavy atom. The van der Waals surface area contributed by atoms with Crippen molar-refractivity contribution in [1.82, 2.24) is 25.5 Å².